The minimum atomic E-state index is -0.246. The Morgan fingerprint density at radius 2 is 1.79 bits per heavy atom. The molecule has 8 heteroatoms. The van der Waals surface area contributed by atoms with Crippen molar-refractivity contribution in [2.75, 3.05) is 40.3 Å². The van der Waals surface area contributed by atoms with Gasteiger partial charge in [-0.1, -0.05) is 12.1 Å². The molecule has 0 radical (unpaired) electrons. The van der Waals surface area contributed by atoms with Crippen LogP contribution in [0.2, 0.25) is 0 Å². The third kappa shape index (κ3) is 14.1. The van der Waals surface area contributed by atoms with E-state index in [4.69, 9.17) is 4.74 Å². The van der Waals surface area contributed by atoms with Crippen molar-refractivity contribution in [3.05, 3.63) is 29.8 Å². The van der Waals surface area contributed by atoms with Crippen LogP contribution in [0, 0.1) is 0 Å². The second-order valence-corrected chi connectivity index (χ2v) is 8.00. The number of amides is 1. The quantitative estimate of drug-likeness (QED) is 0.192. The van der Waals surface area contributed by atoms with Crippen LogP contribution in [0.25, 0.3) is 0 Å². The molecule has 0 bridgehead atoms. The van der Waals surface area contributed by atoms with E-state index in [9.17, 15) is 4.79 Å². The van der Waals surface area contributed by atoms with Crippen LogP contribution < -0.4 is 20.7 Å². The molecule has 0 aliphatic heterocycles. The Bertz CT molecular complexity index is 612. The summed E-state index contributed by atoms with van der Waals surface area (Å²) in [6.45, 7) is 11.0. The van der Waals surface area contributed by atoms with Gasteiger partial charge in [-0.15, -0.1) is 24.0 Å². The first kappa shape index (κ1) is 27.5. The highest BCUT2D eigenvalue weighted by molar-refractivity contribution is 14.0. The van der Waals surface area contributed by atoms with Gasteiger partial charge in [0.15, 0.2) is 5.96 Å². The number of nitrogens with one attached hydrogen (secondary N) is 3. The number of benzene rings is 1. The third-order valence-electron chi connectivity index (χ3n) is 3.64. The van der Waals surface area contributed by atoms with Crippen LogP contribution in [0.15, 0.2) is 29.3 Å². The number of carbonyl (C=O) groups is 1. The smallest absolute Gasteiger partial charge is 0.239 e. The van der Waals surface area contributed by atoms with Crippen molar-refractivity contribution < 1.29 is 9.53 Å². The zero-order valence-corrected chi connectivity index (χ0v) is 21.0. The maximum atomic E-state index is 12.0. The molecule has 1 aromatic rings. The van der Waals surface area contributed by atoms with E-state index in [0.29, 0.717) is 19.1 Å². The van der Waals surface area contributed by atoms with E-state index in [1.807, 2.05) is 52.0 Å². The highest BCUT2D eigenvalue weighted by Crippen LogP contribution is 2.13. The van der Waals surface area contributed by atoms with E-state index in [1.165, 1.54) is 0 Å². The molecule has 0 aliphatic carbocycles. The van der Waals surface area contributed by atoms with Gasteiger partial charge in [-0.05, 0) is 65.9 Å². The maximum absolute atomic E-state index is 12.0. The number of halogens is 1. The van der Waals surface area contributed by atoms with Crippen LogP contribution in [0.1, 0.15) is 39.7 Å². The lowest BCUT2D eigenvalue weighted by Gasteiger charge is -2.21. The van der Waals surface area contributed by atoms with Crippen molar-refractivity contribution in [3.8, 4) is 5.75 Å². The summed E-state index contributed by atoms with van der Waals surface area (Å²) >= 11 is 0. The van der Waals surface area contributed by atoms with Gasteiger partial charge in [0.2, 0.25) is 5.91 Å². The van der Waals surface area contributed by atoms with Crippen LogP contribution >= 0.6 is 24.0 Å². The molecular formula is C21H38IN5O2. The van der Waals surface area contributed by atoms with Crippen molar-refractivity contribution in [1.29, 1.82) is 0 Å². The summed E-state index contributed by atoms with van der Waals surface area (Å²) in [5.41, 5.74) is 0.835. The Hall–Kier alpha value is -1.55. The molecule has 7 nitrogen and oxygen atoms in total. The Kier molecular flexibility index (Phi) is 13.7. The minimum absolute atomic E-state index is 0. The molecule has 1 aromatic carbocycles. The monoisotopic (exact) mass is 519 g/mol. The number of rotatable bonds is 10. The largest absolute Gasteiger partial charge is 0.494 e. The van der Waals surface area contributed by atoms with E-state index >= 15 is 0 Å². The van der Waals surface area contributed by atoms with E-state index in [0.717, 1.165) is 30.8 Å². The SMILES string of the molecule is CCNC(=NCc1ccc(OCCCN(C)C)cc1)NCC(=O)NC(C)(C)C.I. The summed E-state index contributed by atoms with van der Waals surface area (Å²) in [5, 5.41) is 9.15. The van der Waals surface area contributed by atoms with Gasteiger partial charge >= 0.3 is 0 Å². The highest BCUT2D eigenvalue weighted by atomic mass is 127. The van der Waals surface area contributed by atoms with Gasteiger partial charge in [-0.2, -0.15) is 0 Å². The first-order valence-corrected chi connectivity index (χ1v) is 9.89. The molecule has 1 rings (SSSR count). The Morgan fingerprint density at radius 3 is 2.34 bits per heavy atom. The molecule has 0 saturated heterocycles. The number of aliphatic imine (C=N–C) groups is 1. The molecule has 1 amide bonds. The summed E-state index contributed by atoms with van der Waals surface area (Å²) in [5.74, 6) is 1.43. The number of guanidine groups is 1. The first-order chi connectivity index (χ1) is 13.2. The summed E-state index contributed by atoms with van der Waals surface area (Å²) in [6.07, 6.45) is 1.000. The van der Waals surface area contributed by atoms with E-state index in [-0.39, 0.29) is 42.0 Å². The third-order valence-corrected chi connectivity index (χ3v) is 3.64. The summed E-state index contributed by atoms with van der Waals surface area (Å²) in [4.78, 5) is 18.6. The zero-order chi connectivity index (χ0) is 21.0. The van der Waals surface area contributed by atoms with Gasteiger partial charge in [0.1, 0.15) is 5.75 Å². The molecule has 0 heterocycles. The van der Waals surface area contributed by atoms with Crippen molar-refractivity contribution in [2.45, 2.75) is 46.2 Å². The van der Waals surface area contributed by atoms with Crippen LogP contribution in [0.4, 0.5) is 0 Å². The summed E-state index contributed by atoms with van der Waals surface area (Å²) in [7, 11) is 4.12. The van der Waals surface area contributed by atoms with Gasteiger partial charge in [0.25, 0.3) is 0 Å². The lowest BCUT2D eigenvalue weighted by Crippen LogP contribution is -2.48. The average molecular weight is 519 g/mol. The van der Waals surface area contributed by atoms with E-state index in [2.05, 4.69) is 39.9 Å². The van der Waals surface area contributed by atoms with Gasteiger partial charge in [0.05, 0.1) is 19.7 Å². The second-order valence-electron chi connectivity index (χ2n) is 8.00. The Morgan fingerprint density at radius 1 is 1.14 bits per heavy atom. The van der Waals surface area contributed by atoms with Crippen molar-refractivity contribution in [2.24, 2.45) is 4.99 Å². The molecule has 0 spiro atoms. The fraction of sp³-hybridized carbons (Fsp3) is 0.619. The lowest BCUT2D eigenvalue weighted by molar-refractivity contribution is -0.121. The normalized spacial score (nSPS) is 11.6. The Labute approximate surface area is 193 Å². The number of nitrogens with zero attached hydrogens (tertiary/aromatic N) is 2. The standard InChI is InChI=1S/C21H37N5O2.HI/c1-7-22-20(24-16-19(27)25-21(2,3)4)23-15-17-9-11-18(12-10-17)28-14-8-13-26(5)6;/h9-12H,7-8,13-16H2,1-6H3,(H,25,27)(H2,22,23,24);1H. The fourth-order valence-electron chi connectivity index (χ4n) is 2.40. The van der Waals surface area contributed by atoms with E-state index < -0.39 is 0 Å². The topological polar surface area (TPSA) is 78.0 Å². The lowest BCUT2D eigenvalue weighted by atomic mass is 10.1. The summed E-state index contributed by atoms with van der Waals surface area (Å²) < 4.78 is 5.75. The fourth-order valence-corrected chi connectivity index (χ4v) is 2.40. The minimum Gasteiger partial charge on any atom is -0.494 e. The number of carbonyl (C=O) groups excluding carboxylic acids is 1. The molecule has 166 valence electrons. The second kappa shape index (κ2) is 14.4. The van der Waals surface area contributed by atoms with E-state index in [1.54, 1.807) is 0 Å². The molecular weight excluding hydrogens is 481 g/mol. The maximum Gasteiger partial charge on any atom is 0.239 e. The van der Waals surface area contributed by atoms with Gasteiger partial charge in [0, 0.05) is 18.6 Å². The highest BCUT2D eigenvalue weighted by Gasteiger charge is 2.13. The number of hydrogen-bond acceptors (Lipinski definition) is 4. The molecule has 0 atom stereocenters. The van der Waals surface area contributed by atoms with Crippen molar-refractivity contribution in [1.82, 2.24) is 20.9 Å². The molecule has 0 fully saturated rings. The zero-order valence-electron chi connectivity index (χ0n) is 18.7. The number of hydrogen-bond donors (Lipinski definition) is 3. The van der Waals surface area contributed by atoms with Gasteiger partial charge in [-0.3, -0.25) is 4.79 Å². The van der Waals surface area contributed by atoms with Gasteiger partial charge < -0.3 is 25.6 Å². The molecule has 3 N–H and O–H groups in total. The van der Waals surface area contributed by atoms with Crippen LogP contribution in [0.5, 0.6) is 5.75 Å². The van der Waals surface area contributed by atoms with Crippen molar-refractivity contribution in [3.63, 3.8) is 0 Å². The van der Waals surface area contributed by atoms with Crippen LogP contribution in [0.3, 0.4) is 0 Å². The summed E-state index contributed by atoms with van der Waals surface area (Å²) in [6, 6.07) is 7.97. The molecule has 29 heavy (non-hydrogen) atoms. The molecule has 0 unspecified atom stereocenters. The first-order valence-electron chi connectivity index (χ1n) is 9.89. The Balaban J connectivity index is 0.00000784. The van der Waals surface area contributed by atoms with Crippen molar-refractivity contribution >= 4 is 35.8 Å². The average Bonchev–Trinajstić information content (AvgIpc) is 2.60. The van der Waals surface area contributed by atoms with Crippen LogP contribution in [-0.4, -0.2) is 62.6 Å². The molecule has 0 aliphatic rings. The molecule has 0 aromatic heterocycles. The predicted molar refractivity (Wildman–Crippen MR) is 131 cm³/mol. The molecule has 0 saturated carbocycles. The van der Waals surface area contributed by atoms with Gasteiger partial charge in [-0.25, -0.2) is 4.99 Å². The predicted octanol–water partition coefficient (Wildman–Crippen LogP) is 2.60. The van der Waals surface area contributed by atoms with Crippen LogP contribution in [-0.2, 0) is 11.3 Å². The number of ether oxygens (including phenoxy) is 1.